The molecular formula is C33H33Cl3NOZr. The molecule has 0 spiro atoms. The zero-order chi connectivity index (χ0) is 28.2. The summed E-state index contributed by atoms with van der Waals surface area (Å²) in [6, 6.07) is 33.3. The summed E-state index contributed by atoms with van der Waals surface area (Å²) in [7, 11) is 15.0. The summed E-state index contributed by atoms with van der Waals surface area (Å²) in [6.45, 7) is 8.88. The van der Waals surface area contributed by atoms with Crippen LogP contribution in [0, 0.1) is 0 Å². The van der Waals surface area contributed by atoms with E-state index >= 15 is 0 Å². The molecule has 6 heteroatoms. The minimum absolute atomic E-state index is 0.348. The van der Waals surface area contributed by atoms with Crippen LogP contribution in [0.2, 0.25) is 0 Å². The Balaban J connectivity index is 0.000000826. The first kappa shape index (κ1) is 30.2. The summed E-state index contributed by atoms with van der Waals surface area (Å²) in [5, 5.41) is 12.4. The summed E-state index contributed by atoms with van der Waals surface area (Å²) in [5.41, 5.74) is 8.41. The molecule has 1 N–H and O–H groups in total. The third-order valence-electron chi connectivity index (χ3n) is 7.15. The molecule has 0 radical (unpaired) electrons. The van der Waals surface area contributed by atoms with Gasteiger partial charge < -0.3 is 5.11 Å². The zero-order valence-electron chi connectivity index (χ0n) is 22.6. The van der Waals surface area contributed by atoms with Gasteiger partial charge in [0.15, 0.2) is 0 Å². The number of aliphatic hydroxyl groups is 1. The Morgan fingerprint density at radius 1 is 0.692 bits per heavy atom. The number of rotatable bonds is 6. The number of nitrogens with zero attached hydrogens (tertiary/aromatic N) is 1. The van der Waals surface area contributed by atoms with Crippen molar-refractivity contribution < 1.29 is 23.3 Å². The second-order valence-electron chi connectivity index (χ2n) is 10.4. The van der Waals surface area contributed by atoms with Crippen LogP contribution < -0.4 is 0 Å². The molecule has 4 aromatic carbocycles. The van der Waals surface area contributed by atoms with Gasteiger partial charge in [-0.2, -0.15) is 0 Å². The standard InChI is InChI=1S/C33H33NO.3ClH.Zr/c1-22(2)25-17-12-18-26(23(3)4)32(25)34-31(24-13-6-5-7-14-24)21-33(35)29-19-10-8-15-27(29)28-16-9-11-20-30(28)33;;;;/h5-20,22-23,35H,21H2,1-4H3;3*1H;/q;;;;+3/p-3. The van der Waals surface area contributed by atoms with Gasteiger partial charge in [-0.3, -0.25) is 4.99 Å². The molecule has 0 bridgehead atoms. The molecule has 201 valence electrons. The monoisotopic (exact) mass is 654 g/mol. The molecule has 5 rings (SSSR count). The van der Waals surface area contributed by atoms with Gasteiger partial charge in [0.05, 0.1) is 11.4 Å². The first-order valence-corrected chi connectivity index (χ1v) is 22.6. The molecule has 0 aromatic heterocycles. The molecular weight excluding hydrogens is 624 g/mol. The molecule has 0 saturated carbocycles. The van der Waals surface area contributed by atoms with E-state index in [1.54, 1.807) is 0 Å². The Morgan fingerprint density at radius 3 is 1.59 bits per heavy atom. The molecule has 2 nitrogen and oxygen atoms in total. The fourth-order valence-electron chi connectivity index (χ4n) is 5.35. The Bertz CT molecular complexity index is 1380. The molecule has 39 heavy (non-hydrogen) atoms. The topological polar surface area (TPSA) is 32.6 Å². The molecule has 1 aliphatic carbocycles. The van der Waals surface area contributed by atoms with Crippen molar-refractivity contribution in [1.82, 2.24) is 0 Å². The van der Waals surface area contributed by atoms with Crippen LogP contribution in [0.15, 0.2) is 102 Å². The van der Waals surface area contributed by atoms with Crippen molar-refractivity contribution in [1.29, 1.82) is 0 Å². The summed E-state index contributed by atoms with van der Waals surface area (Å²) < 4.78 is 0. The number of halogens is 3. The fourth-order valence-corrected chi connectivity index (χ4v) is 5.35. The molecule has 0 amide bonds. The number of hydrogen-bond acceptors (Lipinski definition) is 2. The molecule has 0 aliphatic heterocycles. The van der Waals surface area contributed by atoms with Crippen molar-refractivity contribution in [2.75, 3.05) is 0 Å². The Labute approximate surface area is 251 Å². The maximum absolute atomic E-state index is 12.4. The van der Waals surface area contributed by atoms with Crippen LogP contribution in [-0.4, -0.2) is 10.8 Å². The predicted molar refractivity (Wildman–Crippen MR) is 164 cm³/mol. The summed E-state index contributed by atoms with van der Waals surface area (Å²) in [5.74, 6) is 0.695. The Kier molecular flexibility index (Phi) is 10.3. The van der Waals surface area contributed by atoms with Crippen LogP contribution in [0.1, 0.15) is 73.8 Å². The first-order chi connectivity index (χ1) is 18.6. The van der Waals surface area contributed by atoms with E-state index in [-0.39, 0.29) is 0 Å². The molecule has 0 unspecified atom stereocenters. The number of aliphatic imine (C=N–C) groups is 1. The van der Waals surface area contributed by atoms with E-state index in [1.165, 1.54) is 11.1 Å². The van der Waals surface area contributed by atoms with Crippen molar-refractivity contribution in [3.8, 4) is 11.1 Å². The van der Waals surface area contributed by atoms with Gasteiger partial charge in [-0.05, 0) is 50.8 Å². The summed E-state index contributed by atoms with van der Waals surface area (Å²) in [4.78, 5) is 5.38. The van der Waals surface area contributed by atoms with Crippen LogP contribution in [0.5, 0.6) is 0 Å². The van der Waals surface area contributed by atoms with Crippen molar-refractivity contribution in [2.45, 2.75) is 51.6 Å². The van der Waals surface area contributed by atoms with Crippen molar-refractivity contribution in [3.05, 3.63) is 125 Å². The maximum atomic E-state index is 12.4. The van der Waals surface area contributed by atoms with Crippen LogP contribution in [0.3, 0.4) is 0 Å². The average molecular weight is 657 g/mol. The second-order valence-corrected chi connectivity index (χ2v) is 21.6. The van der Waals surface area contributed by atoms with E-state index in [9.17, 15) is 5.11 Å². The zero-order valence-corrected chi connectivity index (χ0v) is 27.4. The normalized spacial score (nSPS) is 13.5. The van der Waals surface area contributed by atoms with Gasteiger partial charge in [0.1, 0.15) is 5.60 Å². The van der Waals surface area contributed by atoms with Gasteiger partial charge in [0, 0.05) is 6.42 Å². The second kappa shape index (κ2) is 13.3. The van der Waals surface area contributed by atoms with Gasteiger partial charge in [-0.15, -0.1) is 0 Å². The molecule has 0 heterocycles. The SMILES string of the molecule is CC(C)c1cccc(C(C)C)c1N=C(CC1(O)c2ccccc2-c2ccccc21)c1ccccc1.[Cl][Zr]([Cl])[Cl]. The summed E-state index contributed by atoms with van der Waals surface area (Å²) in [6.07, 6.45) is 0.398. The molecule has 4 aromatic rings. The van der Waals surface area contributed by atoms with E-state index in [2.05, 4.69) is 82.3 Å². The molecule has 0 atom stereocenters. The van der Waals surface area contributed by atoms with Crippen LogP contribution in [-0.2, 0) is 23.8 Å². The Hall–Kier alpha value is -1.74. The molecule has 1 aliphatic rings. The van der Waals surface area contributed by atoms with Crippen LogP contribution >= 0.6 is 25.5 Å². The Morgan fingerprint density at radius 2 is 1.13 bits per heavy atom. The van der Waals surface area contributed by atoms with Gasteiger partial charge in [0.25, 0.3) is 0 Å². The van der Waals surface area contributed by atoms with Gasteiger partial charge >= 0.3 is 43.7 Å². The van der Waals surface area contributed by atoms with E-state index in [0.717, 1.165) is 39.2 Å². The minimum atomic E-state index is -2.13. The first-order valence-electron chi connectivity index (χ1n) is 13.1. The van der Waals surface area contributed by atoms with E-state index in [0.29, 0.717) is 18.3 Å². The predicted octanol–water partition coefficient (Wildman–Crippen LogP) is 10.4. The van der Waals surface area contributed by atoms with E-state index in [1.807, 2.05) is 42.5 Å². The van der Waals surface area contributed by atoms with E-state index in [4.69, 9.17) is 30.5 Å². The number of benzene rings is 4. The number of fused-ring (bicyclic) bond motifs is 3. The summed E-state index contributed by atoms with van der Waals surface area (Å²) >= 11 is -2.13. The third kappa shape index (κ3) is 6.78. The molecule has 0 saturated heterocycles. The van der Waals surface area contributed by atoms with Crippen molar-refractivity contribution in [2.24, 2.45) is 4.99 Å². The van der Waals surface area contributed by atoms with Gasteiger partial charge in [-0.1, -0.05) is 125 Å². The van der Waals surface area contributed by atoms with Crippen LogP contribution in [0.25, 0.3) is 11.1 Å². The number of para-hydroxylation sites is 1. The van der Waals surface area contributed by atoms with Crippen molar-refractivity contribution >= 4 is 36.9 Å². The van der Waals surface area contributed by atoms with E-state index < -0.39 is 23.8 Å². The molecule has 0 fully saturated rings. The van der Waals surface area contributed by atoms with Gasteiger partial charge in [0.2, 0.25) is 0 Å². The third-order valence-corrected chi connectivity index (χ3v) is 7.15. The van der Waals surface area contributed by atoms with Crippen LogP contribution in [0.4, 0.5) is 5.69 Å². The fraction of sp³-hybridized carbons (Fsp3) is 0.242. The average Bonchev–Trinajstić information content (AvgIpc) is 3.17. The van der Waals surface area contributed by atoms with Gasteiger partial charge in [-0.25, -0.2) is 0 Å². The van der Waals surface area contributed by atoms with Crippen molar-refractivity contribution in [3.63, 3.8) is 0 Å². The quantitative estimate of drug-likeness (QED) is 0.206. The number of hydrogen-bond donors (Lipinski definition) is 1.